The molecule has 0 aliphatic carbocycles. The molecule has 174 valence electrons. The van der Waals surface area contributed by atoms with Crippen molar-refractivity contribution in [1.82, 2.24) is 15.0 Å². The third-order valence-corrected chi connectivity index (χ3v) is 5.92. The summed E-state index contributed by atoms with van der Waals surface area (Å²) in [7, 11) is 0. The van der Waals surface area contributed by atoms with E-state index in [-0.39, 0.29) is 17.3 Å². The summed E-state index contributed by atoms with van der Waals surface area (Å²) in [4.78, 5) is 38.1. The van der Waals surface area contributed by atoms with Gasteiger partial charge in [0.25, 0.3) is 17.5 Å². The highest BCUT2D eigenvalue weighted by Gasteiger charge is 2.25. The molecule has 1 N–H and O–H groups in total. The Morgan fingerprint density at radius 3 is 2.57 bits per heavy atom. The number of rotatable bonds is 5. The zero-order chi connectivity index (χ0) is 24.5. The largest absolute Gasteiger partial charge is 0.321 e. The van der Waals surface area contributed by atoms with Crippen LogP contribution in [0.2, 0.25) is 0 Å². The van der Waals surface area contributed by atoms with E-state index in [1.807, 2.05) is 24.3 Å². The molecule has 3 aromatic carbocycles. The normalized spacial score (nSPS) is 12.3. The molecule has 1 aliphatic heterocycles. The van der Waals surface area contributed by atoms with Gasteiger partial charge in [-0.05, 0) is 55.3 Å². The number of aromatic nitrogens is 3. The summed E-state index contributed by atoms with van der Waals surface area (Å²) in [5.41, 5.74) is 3.96. The molecule has 10 nitrogen and oxygen atoms in total. The molecular formula is C25H20N6O4. The highest BCUT2D eigenvalue weighted by Crippen LogP contribution is 2.29. The van der Waals surface area contributed by atoms with Gasteiger partial charge in [0, 0.05) is 35.6 Å². The van der Waals surface area contributed by atoms with Gasteiger partial charge in [0.15, 0.2) is 5.69 Å². The van der Waals surface area contributed by atoms with Gasteiger partial charge in [-0.3, -0.25) is 19.7 Å². The van der Waals surface area contributed by atoms with Crippen LogP contribution in [-0.4, -0.2) is 38.3 Å². The summed E-state index contributed by atoms with van der Waals surface area (Å²) < 4.78 is 1.37. The molecule has 0 radical (unpaired) electrons. The molecule has 0 saturated heterocycles. The number of para-hydroxylation sites is 1. The van der Waals surface area contributed by atoms with Crippen molar-refractivity contribution in [2.24, 2.45) is 0 Å². The van der Waals surface area contributed by atoms with Gasteiger partial charge in [0.2, 0.25) is 0 Å². The van der Waals surface area contributed by atoms with E-state index in [4.69, 9.17) is 0 Å². The topological polar surface area (TPSA) is 123 Å². The van der Waals surface area contributed by atoms with Gasteiger partial charge in [-0.25, -0.2) is 4.68 Å². The average Bonchev–Trinajstić information content (AvgIpc) is 3.48. The third kappa shape index (κ3) is 4.12. The molecule has 0 unspecified atom stereocenters. The average molecular weight is 468 g/mol. The highest BCUT2D eigenvalue weighted by atomic mass is 16.6. The van der Waals surface area contributed by atoms with Crippen LogP contribution >= 0.6 is 0 Å². The van der Waals surface area contributed by atoms with Crippen molar-refractivity contribution in [3.63, 3.8) is 0 Å². The van der Waals surface area contributed by atoms with E-state index >= 15 is 0 Å². The maximum Gasteiger partial charge on any atom is 0.278 e. The molecule has 0 atom stereocenters. The van der Waals surface area contributed by atoms with Crippen LogP contribution in [0.15, 0.2) is 72.8 Å². The van der Waals surface area contributed by atoms with Gasteiger partial charge in [-0.15, -0.1) is 5.10 Å². The van der Waals surface area contributed by atoms with Gasteiger partial charge in [-0.1, -0.05) is 29.5 Å². The van der Waals surface area contributed by atoms with Gasteiger partial charge >= 0.3 is 0 Å². The summed E-state index contributed by atoms with van der Waals surface area (Å²) in [5, 5.41) is 21.7. The molecule has 35 heavy (non-hydrogen) atoms. The highest BCUT2D eigenvalue weighted by molar-refractivity contribution is 6.08. The standard InChI is InChI=1S/C25H20N6O4/c1-16-23(27-28-30(16)20-6-4-7-21(15-20)31(34)35)24(32)26-19-11-9-18(10-12-19)25(33)29-14-13-17-5-2-3-8-22(17)29/h2-12,15H,13-14H2,1H3,(H,26,32). The lowest BCUT2D eigenvalue weighted by molar-refractivity contribution is -0.384. The first-order valence-electron chi connectivity index (χ1n) is 10.9. The number of non-ortho nitro benzene ring substituents is 1. The van der Waals surface area contributed by atoms with Crippen LogP contribution in [0.5, 0.6) is 0 Å². The van der Waals surface area contributed by atoms with E-state index < -0.39 is 10.8 Å². The molecule has 1 aliphatic rings. The second-order valence-electron chi connectivity index (χ2n) is 8.08. The molecule has 5 rings (SSSR count). The number of carbonyl (C=O) groups is 2. The van der Waals surface area contributed by atoms with E-state index in [0.717, 1.165) is 17.7 Å². The minimum Gasteiger partial charge on any atom is -0.321 e. The lowest BCUT2D eigenvalue weighted by Gasteiger charge is -2.17. The Morgan fingerprint density at radius 1 is 1.03 bits per heavy atom. The maximum atomic E-state index is 13.0. The van der Waals surface area contributed by atoms with Crippen LogP contribution < -0.4 is 10.2 Å². The number of nitro benzene ring substituents is 1. The predicted molar refractivity (Wildman–Crippen MR) is 129 cm³/mol. The molecule has 4 aromatic rings. The molecular weight excluding hydrogens is 448 g/mol. The summed E-state index contributed by atoms with van der Waals surface area (Å²) in [6.45, 7) is 2.29. The number of benzene rings is 3. The first-order chi connectivity index (χ1) is 16.9. The minimum absolute atomic E-state index is 0.0875. The lowest BCUT2D eigenvalue weighted by atomic mass is 10.1. The number of nitrogens with one attached hydrogen (secondary N) is 1. The number of amides is 2. The fourth-order valence-electron chi connectivity index (χ4n) is 4.11. The second kappa shape index (κ2) is 8.82. The molecule has 2 heterocycles. The van der Waals surface area contributed by atoms with Crippen LogP contribution in [0.4, 0.5) is 17.1 Å². The van der Waals surface area contributed by atoms with Crippen molar-refractivity contribution in [2.45, 2.75) is 13.3 Å². The van der Waals surface area contributed by atoms with Crippen molar-refractivity contribution in [3.05, 3.63) is 105 Å². The van der Waals surface area contributed by atoms with Gasteiger partial charge in [0.1, 0.15) is 0 Å². The zero-order valence-corrected chi connectivity index (χ0v) is 18.7. The van der Waals surface area contributed by atoms with Gasteiger partial charge < -0.3 is 10.2 Å². The monoisotopic (exact) mass is 468 g/mol. The van der Waals surface area contributed by atoms with Crippen molar-refractivity contribution in [1.29, 1.82) is 0 Å². The third-order valence-electron chi connectivity index (χ3n) is 5.92. The summed E-state index contributed by atoms with van der Waals surface area (Å²) >= 11 is 0. The fraction of sp³-hybridized carbons (Fsp3) is 0.120. The van der Waals surface area contributed by atoms with Crippen LogP contribution in [0.25, 0.3) is 5.69 Å². The second-order valence-corrected chi connectivity index (χ2v) is 8.08. The summed E-state index contributed by atoms with van der Waals surface area (Å²) in [5.74, 6) is -0.574. The predicted octanol–water partition coefficient (Wildman–Crippen LogP) is 3.94. The molecule has 1 aromatic heterocycles. The Kier molecular flexibility index (Phi) is 5.54. The van der Waals surface area contributed by atoms with E-state index in [9.17, 15) is 19.7 Å². The zero-order valence-electron chi connectivity index (χ0n) is 18.7. The fourth-order valence-corrected chi connectivity index (χ4v) is 4.11. The number of fused-ring (bicyclic) bond motifs is 1. The van der Waals surface area contributed by atoms with E-state index in [1.54, 1.807) is 42.2 Å². The molecule has 2 amide bonds. The van der Waals surface area contributed by atoms with E-state index in [2.05, 4.69) is 15.6 Å². The number of nitro groups is 1. The Balaban J connectivity index is 1.30. The Hall–Kier alpha value is -4.86. The van der Waals surface area contributed by atoms with Crippen molar-refractivity contribution < 1.29 is 14.5 Å². The number of hydrogen-bond acceptors (Lipinski definition) is 6. The van der Waals surface area contributed by atoms with Gasteiger partial charge in [0.05, 0.1) is 16.3 Å². The van der Waals surface area contributed by atoms with Gasteiger partial charge in [-0.2, -0.15) is 0 Å². The lowest BCUT2D eigenvalue weighted by Crippen LogP contribution is -2.28. The number of carbonyl (C=O) groups excluding carboxylic acids is 2. The first-order valence-corrected chi connectivity index (χ1v) is 10.9. The van der Waals surface area contributed by atoms with Crippen molar-refractivity contribution in [2.75, 3.05) is 16.8 Å². The number of nitrogens with zero attached hydrogens (tertiary/aromatic N) is 5. The number of anilines is 2. The Morgan fingerprint density at radius 2 is 1.80 bits per heavy atom. The van der Waals surface area contributed by atoms with Crippen molar-refractivity contribution in [3.8, 4) is 5.69 Å². The summed E-state index contributed by atoms with van der Waals surface area (Å²) in [6, 6.07) is 20.4. The Labute approximate surface area is 200 Å². The van der Waals surface area contributed by atoms with Crippen LogP contribution in [0.1, 0.15) is 32.1 Å². The molecule has 0 bridgehead atoms. The first kappa shape index (κ1) is 22.0. The quantitative estimate of drug-likeness (QED) is 0.350. The molecule has 0 spiro atoms. The van der Waals surface area contributed by atoms with E-state index in [0.29, 0.717) is 29.2 Å². The smallest absolute Gasteiger partial charge is 0.278 e. The Bertz CT molecular complexity index is 1460. The van der Waals surface area contributed by atoms with E-state index in [1.165, 1.54) is 22.9 Å². The maximum absolute atomic E-state index is 13.0. The van der Waals surface area contributed by atoms with Crippen molar-refractivity contribution >= 4 is 28.9 Å². The minimum atomic E-state index is -0.500. The van der Waals surface area contributed by atoms with Crippen LogP contribution in [0, 0.1) is 17.0 Å². The molecule has 0 saturated carbocycles. The summed E-state index contributed by atoms with van der Waals surface area (Å²) in [6.07, 6.45) is 0.826. The number of hydrogen-bond donors (Lipinski definition) is 1. The SMILES string of the molecule is Cc1c(C(=O)Nc2ccc(C(=O)N3CCc4ccccc43)cc2)nnn1-c1cccc([N+](=O)[O-])c1. The molecule has 10 heteroatoms. The van der Waals surface area contributed by atoms with Crippen LogP contribution in [-0.2, 0) is 6.42 Å². The van der Waals surface area contributed by atoms with Crippen LogP contribution in [0.3, 0.4) is 0 Å². The molecule has 0 fully saturated rings.